The monoisotopic (exact) mass is 849 g/mol. The number of pyridine rings is 1. The standard InChI is InChI=1S/C60H55N3O2/c1-58(2,3)41-27-28-51(45(34-41)38-21-14-11-15-22-38)63-52-25-18-24-44(54(52)62-57(63)48-35-42(59(4,5)6)36-49(55(48)64)60(7,8)9)47-32-40(31-46-43-23-16-17-26-53(43)65-56(46)47)50-33-39(29-30-61-50)37-19-12-10-13-20-37/h10-36,64H,1-9H3. The van der Waals surface area contributed by atoms with Gasteiger partial charge in [0.05, 0.1) is 28.0 Å². The number of aromatic hydroxyl groups is 1. The molecule has 3 aromatic heterocycles. The van der Waals surface area contributed by atoms with E-state index in [0.717, 1.165) is 94.4 Å². The van der Waals surface area contributed by atoms with Crippen molar-refractivity contribution in [1.82, 2.24) is 14.5 Å². The third kappa shape index (κ3) is 7.49. The summed E-state index contributed by atoms with van der Waals surface area (Å²) in [5, 5.41) is 14.6. The minimum Gasteiger partial charge on any atom is -0.507 e. The predicted octanol–water partition coefficient (Wildman–Crippen LogP) is 16.3. The number of para-hydroxylation sites is 2. The zero-order valence-electron chi connectivity index (χ0n) is 38.8. The molecule has 0 radical (unpaired) electrons. The van der Waals surface area contributed by atoms with Crippen LogP contribution in [0.1, 0.15) is 79.0 Å². The molecule has 0 saturated carbocycles. The highest BCUT2D eigenvalue weighted by Gasteiger charge is 2.30. The molecule has 5 nitrogen and oxygen atoms in total. The number of benzene rings is 7. The van der Waals surface area contributed by atoms with Gasteiger partial charge in [0.2, 0.25) is 0 Å². The summed E-state index contributed by atoms with van der Waals surface area (Å²) in [5.41, 5.74) is 15.7. The number of phenols is 1. The van der Waals surface area contributed by atoms with Crippen molar-refractivity contribution in [2.24, 2.45) is 0 Å². The lowest BCUT2D eigenvalue weighted by Gasteiger charge is -2.28. The normalized spacial score (nSPS) is 12.4. The minimum absolute atomic E-state index is 0.0889. The van der Waals surface area contributed by atoms with Gasteiger partial charge in [-0.2, -0.15) is 0 Å². The van der Waals surface area contributed by atoms with Crippen molar-refractivity contribution >= 4 is 33.0 Å². The molecule has 0 fully saturated rings. The van der Waals surface area contributed by atoms with Gasteiger partial charge in [0.1, 0.15) is 22.7 Å². The second-order valence-electron chi connectivity index (χ2n) is 20.5. The Balaban J connectivity index is 1.32. The van der Waals surface area contributed by atoms with E-state index in [9.17, 15) is 5.11 Å². The van der Waals surface area contributed by atoms with Gasteiger partial charge in [-0.1, -0.05) is 165 Å². The average molecular weight is 850 g/mol. The number of hydrogen-bond donors (Lipinski definition) is 1. The smallest absolute Gasteiger partial charge is 0.149 e. The van der Waals surface area contributed by atoms with Gasteiger partial charge in [0.25, 0.3) is 0 Å². The van der Waals surface area contributed by atoms with Crippen molar-refractivity contribution in [2.45, 2.75) is 78.6 Å². The Morgan fingerprint density at radius 3 is 1.88 bits per heavy atom. The highest BCUT2D eigenvalue weighted by Crippen LogP contribution is 2.47. The molecule has 7 aromatic carbocycles. The third-order valence-electron chi connectivity index (χ3n) is 12.8. The first kappa shape index (κ1) is 41.8. The zero-order chi connectivity index (χ0) is 45.4. The van der Waals surface area contributed by atoms with Crippen molar-refractivity contribution < 1.29 is 9.52 Å². The van der Waals surface area contributed by atoms with Gasteiger partial charge < -0.3 is 9.52 Å². The first-order valence-corrected chi connectivity index (χ1v) is 22.6. The van der Waals surface area contributed by atoms with Crippen molar-refractivity contribution in [3.8, 4) is 67.5 Å². The van der Waals surface area contributed by atoms with Crippen molar-refractivity contribution in [2.75, 3.05) is 0 Å². The largest absolute Gasteiger partial charge is 0.507 e. The van der Waals surface area contributed by atoms with E-state index in [2.05, 4.69) is 206 Å². The molecule has 0 aliphatic rings. The minimum atomic E-state index is -0.342. The summed E-state index contributed by atoms with van der Waals surface area (Å²) in [6, 6.07) is 55.5. The molecule has 1 N–H and O–H groups in total. The van der Waals surface area contributed by atoms with Crippen LogP contribution >= 0.6 is 0 Å². The highest BCUT2D eigenvalue weighted by molar-refractivity contribution is 6.13. The number of rotatable bonds is 6. The van der Waals surface area contributed by atoms with E-state index in [1.54, 1.807) is 0 Å². The van der Waals surface area contributed by atoms with E-state index in [0.29, 0.717) is 11.4 Å². The molecule has 0 aliphatic carbocycles. The fraction of sp³-hybridized carbons (Fsp3) is 0.200. The van der Waals surface area contributed by atoms with Crippen LogP contribution in [0.4, 0.5) is 0 Å². The second-order valence-corrected chi connectivity index (χ2v) is 20.5. The van der Waals surface area contributed by atoms with Crippen molar-refractivity contribution in [3.05, 3.63) is 181 Å². The van der Waals surface area contributed by atoms with Gasteiger partial charge in [0.15, 0.2) is 0 Å². The number of imidazole rings is 1. The summed E-state index contributed by atoms with van der Waals surface area (Å²) in [5.74, 6) is 0.902. The molecule has 0 amide bonds. The van der Waals surface area contributed by atoms with E-state index in [1.807, 2.05) is 24.4 Å². The van der Waals surface area contributed by atoms with E-state index in [-0.39, 0.29) is 22.0 Å². The van der Waals surface area contributed by atoms with Crippen LogP contribution < -0.4 is 0 Å². The first-order valence-electron chi connectivity index (χ1n) is 22.6. The van der Waals surface area contributed by atoms with Crippen molar-refractivity contribution in [3.63, 3.8) is 0 Å². The zero-order valence-corrected chi connectivity index (χ0v) is 38.8. The maximum atomic E-state index is 12.6. The van der Waals surface area contributed by atoms with Crippen LogP contribution in [-0.2, 0) is 16.2 Å². The molecule has 3 heterocycles. The Morgan fingerprint density at radius 2 is 1.17 bits per heavy atom. The SMILES string of the molecule is CC(C)(C)c1ccc(-n2c(-c3cc(C(C)(C)C)cc(C(C)(C)C)c3O)nc3c(-c4cc(-c5cc(-c6ccccc6)ccn5)cc5c4oc4ccccc45)cccc32)c(-c2ccccc2)c1. The number of nitrogens with zero attached hydrogens (tertiary/aromatic N) is 3. The summed E-state index contributed by atoms with van der Waals surface area (Å²) in [6.45, 7) is 19.9. The Bertz CT molecular complexity index is 3430. The van der Waals surface area contributed by atoms with E-state index in [4.69, 9.17) is 14.4 Å². The maximum absolute atomic E-state index is 12.6. The quantitative estimate of drug-likeness (QED) is 0.181. The Kier molecular flexibility index (Phi) is 9.95. The molecule has 5 heteroatoms. The molecule has 0 bridgehead atoms. The Morgan fingerprint density at radius 1 is 0.492 bits per heavy atom. The lowest BCUT2D eigenvalue weighted by molar-refractivity contribution is 0.446. The van der Waals surface area contributed by atoms with Crippen LogP contribution in [0.5, 0.6) is 5.75 Å². The molecular weight excluding hydrogens is 795 g/mol. The lowest BCUT2D eigenvalue weighted by Crippen LogP contribution is -2.17. The summed E-state index contributed by atoms with van der Waals surface area (Å²) in [6.07, 6.45) is 1.89. The molecule has 65 heavy (non-hydrogen) atoms. The third-order valence-corrected chi connectivity index (χ3v) is 12.8. The number of fused-ring (bicyclic) bond motifs is 4. The summed E-state index contributed by atoms with van der Waals surface area (Å²) >= 11 is 0. The van der Waals surface area contributed by atoms with Gasteiger partial charge in [-0.05, 0) is 98.7 Å². The fourth-order valence-electron chi connectivity index (χ4n) is 9.17. The molecule has 0 spiro atoms. The second kappa shape index (κ2) is 15.5. The van der Waals surface area contributed by atoms with Crippen LogP contribution in [0.2, 0.25) is 0 Å². The predicted molar refractivity (Wildman–Crippen MR) is 271 cm³/mol. The van der Waals surface area contributed by atoms with Gasteiger partial charge >= 0.3 is 0 Å². The van der Waals surface area contributed by atoms with Crippen LogP contribution in [0.3, 0.4) is 0 Å². The van der Waals surface area contributed by atoms with Crippen LogP contribution in [0.15, 0.2) is 168 Å². The highest BCUT2D eigenvalue weighted by atomic mass is 16.3. The fourth-order valence-corrected chi connectivity index (χ4v) is 9.17. The molecular formula is C60H55N3O2. The lowest BCUT2D eigenvalue weighted by atomic mass is 9.79. The molecule has 10 rings (SSSR count). The Hall–Kier alpha value is -7.24. The first-order chi connectivity index (χ1) is 31.0. The molecule has 322 valence electrons. The molecule has 0 saturated heterocycles. The maximum Gasteiger partial charge on any atom is 0.149 e. The summed E-state index contributed by atoms with van der Waals surface area (Å²) < 4.78 is 9.10. The van der Waals surface area contributed by atoms with Crippen LogP contribution in [0, 0.1) is 0 Å². The van der Waals surface area contributed by atoms with E-state index in [1.165, 1.54) is 5.56 Å². The molecule has 0 atom stereocenters. The number of furan rings is 1. The van der Waals surface area contributed by atoms with Gasteiger partial charge in [0, 0.05) is 44.8 Å². The van der Waals surface area contributed by atoms with Gasteiger partial charge in [-0.3, -0.25) is 9.55 Å². The van der Waals surface area contributed by atoms with Gasteiger partial charge in [-0.25, -0.2) is 4.98 Å². The summed E-state index contributed by atoms with van der Waals surface area (Å²) in [4.78, 5) is 10.7. The van der Waals surface area contributed by atoms with Gasteiger partial charge in [-0.15, -0.1) is 0 Å². The number of hydrogen-bond acceptors (Lipinski definition) is 4. The van der Waals surface area contributed by atoms with Crippen molar-refractivity contribution in [1.29, 1.82) is 0 Å². The number of aromatic nitrogens is 3. The molecule has 10 aromatic rings. The number of phenolic OH excluding ortho intramolecular Hbond substituents is 1. The van der Waals surface area contributed by atoms with Crippen LogP contribution in [-0.4, -0.2) is 19.6 Å². The molecule has 0 unspecified atom stereocenters. The topological polar surface area (TPSA) is 64.1 Å². The van der Waals surface area contributed by atoms with E-state index < -0.39 is 0 Å². The van der Waals surface area contributed by atoms with E-state index >= 15 is 0 Å². The Labute approximate surface area is 382 Å². The summed E-state index contributed by atoms with van der Waals surface area (Å²) in [7, 11) is 0. The average Bonchev–Trinajstić information content (AvgIpc) is 3.87. The molecule has 0 aliphatic heterocycles. The van der Waals surface area contributed by atoms with Crippen LogP contribution in [0.25, 0.3) is 94.7 Å².